The fourth-order valence-electron chi connectivity index (χ4n) is 1.96. The van der Waals surface area contributed by atoms with Gasteiger partial charge in [-0.05, 0) is 34.1 Å². The van der Waals surface area contributed by atoms with E-state index in [0.29, 0.717) is 6.42 Å². The maximum atomic E-state index is 12.1. The third kappa shape index (κ3) is 8.93. The van der Waals surface area contributed by atoms with Crippen molar-refractivity contribution in [2.75, 3.05) is 7.11 Å². The number of nitrogens with zero attached hydrogens (tertiary/aromatic N) is 1. The molecule has 0 heterocycles. The Morgan fingerprint density at radius 3 is 2.23 bits per heavy atom. The summed E-state index contributed by atoms with van der Waals surface area (Å²) < 4.78 is 37.4. The van der Waals surface area contributed by atoms with Gasteiger partial charge in [0.2, 0.25) is 0 Å². The molecule has 1 amide bonds. The van der Waals surface area contributed by atoms with E-state index in [9.17, 15) is 22.8 Å². The summed E-state index contributed by atoms with van der Waals surface area (Å²) in [6.45, 7) is 7.91. The van der Waals surface area contributed by atoms with E-state index in [2.05, 4.69) is 14.5 Å². The lowest BCUT2D eigenvalue weighted by Gasteiger charge is -2.22. The highest BCUT2D eigenvalue weighted by Gasteiger charge is 2.29. The van der Waals surface area contributed by atoms with Crippen LogP contribution in [-0.2, 0) is 29.1 Å². The summed E-state index contributed by atoms with van der Waals surface area (Å²) in [4.78, 5) is 35.0. The lowest BCUT2D eigenvalue weighted by Crippen LogP contribution is -2.44. The summed E-state index contributed by atoms with van der Waals surface area (Å²) in [7, 11) is -2.91. The third-order valence-corrected chi connectivity index (χ3v) is 4.83. The van der Waals surface area contributed by atoms with Gasteiger partial charge in [-0.15, -0.1) is 0 Å². The number of Topliss-reactive ketones (excluding diaryl/α,β-unsaturated/α-hetero) is 1. The smallest absolute Gasteiger partial charge is 0.408 e. The van der Waals surface area contributed by atoms with Crippen LogP contribution in [0.3, 0.4) is 0 Å². The van der Waals surface area contributed by atoms with Crippen LogP contribution < -0.4 is 5.32 Å². The number of esters is 1. The van der Waals surface area contributed by atoms with Crippen LogP contribution in [0.2, 0.25) is 0 Å². The fourth-order valence-corrected chi connectivity index (χ4v) is 3.35. The van der Waals surface area contributed by atoms with Crippen molar-refractivity contribution in [3.05, 3.63) is 0 Å². The van der Waals surface area contributed by atoms with Crippen LogP contribution in [0.1, 0.15) is 53.9 Å². The standard InChI is InChI=1S/C16H28N2O7S/c1-7-8-13(11(2)19)26(22,23)17-10-9-12(14(20)24-6)18-15(21)25-16(3,4)5/h10,12-13H,7-9H2,1-6H3,(H,18,21)/b17-10+/t12-,13-/m0/s1. The number of rotatable bonds is 9. The van der Waals surface area contributed by atoms with Crippen molar-refractivity contribution in [3.63, 3.8) is 0 Å². The molecule has 0 aromatic rings. The number of carbonyl (C=O) groups excluding carboxylic acids is 3. The van der Waals surface area contributed by atoms with E-state index in [4.69, 9.17) is 4.74 Å². The summed E-state index contributed by atoms with van der Waals surface area (Å²) in [5, 5.41) is 1.08. The predicted molar refractivity (Wildman–Crippen MR) is 96.6 cm³/mol. The van der Waals surface area contributed by atoms with Gasteiger partial charge in [-0.3, -0.25) is 4.79 Å². The monoisotopic (exact) mass is 392 g/mol. The van der Waals surface area contributed by atoms with Gasteiger partial charge in [0, 0.05) is 12.6 Å². The zero-order chi connectivity index (χ0) is 20.5. The molecule has 1 N–H and O–H groups in total. The average Bonchev–Trinajstić information content (AvgIpc) is 2.48. The minimum absolute atomic E-state index is 0.158. The van der Waals surface area contributed by atoms with Crippen LogP contribution in [0.25, 0.3) is 0 Å². The first-order valence-electron chi connectivity index (χ1n) is 8.19. The predicted octanol–water partition coefficient (Wildman–Crippen LogP) is 1.60. The number of sulfonamides is 1. The zero-order valence-electron chi connectivity index (χ0n) is 16.1. The lowest BCUT2D eigenvalue weighted by molar-refractivity contribution is -0.142. The van der Waals surface area contributed by atoms with E-state index in [-0.39, 0.29) is 12.8 Å². The molecule has 0 aliphatic heterocycles. The van der Waals surface area contributed by atoms with Gasteiger partial charge in [0.05, 0.1) is 7.11 Å². The molecule has 0 saturated carbocycles. The highest BCUT2D eigenvalue weighted by molar-refractivity contribution is 7.91. The first-order valence-corrected chi connectivity index (χ1v) is 9.69. The zero-order valence-corrected chi connectivity index (χ0v) is 16.9. The maximum Gasteiger partial charge on any atom is 0.408 e. The Hall–Kier alpha value is -1.97. The quantitative estimate of drug-likeness (QED) is 0.466. The number of nitrogens with one attached hydrogen (secondary N) is 1. The SMILES string of the molecule is CCC[C@@H](C(C)=O)S(=O)(=O)/N=C/C[C@H](NC(=O)OC(C)(C)C)C(=O)OC. The number of methoxy groups -OCH3 is 1. The second kappa shape index (κ2) is 10.2. The number of amides is 1. The van der Waals surface area contributed by atoms with E-state index >= 15 is 0 Å². The van der Waals surface area contributed by atoms with Crippen molar-refractivity contribution < 1.29 is 32.3 Å². The Morgan fingerprint density at radius 1 is 1.23 bits per heavy atom. The molecule has 2 atom stereocenters. The van der Waals surface area contributed by atoms with Crippen molar-refractivity contribution >= 4 is 34.1 Å². The first kappa shape index (κ1) is 24.0. The molecule has 0 radical (unpaired) electrons. The molecular formula is C16H28N2O7S. The second-order valence-corrected chi connectivity index (χ2v) is 8.46. The van der Waals surface area contributed by atoms with Gasteiger partial charge in [-0.25, -0.2) is 18.0 Å². The van der Waals surface area contributed by atoms with Gasteiger partial charge < -0.3 is 14.8 Å². The molecule has 0 aromatic heterocycles. The van der Waals surface area contributed by atoms with E-state index in [0.717, 1.165) is 13.3 Å². The van der Waals surface area contributed by atoms with Crippen LogP contribution in [0.15, 0.2) is 4.40 Å². The highest BCUT2D eigenvalue weighted by Crippen LogP contribution is 2.12. The van der Waals surface area contributed by atoms with Crippen LogP contribution >= 0.6 is 0 Å². The summed E-state index contributed by atoms with van der Waals surface area (Å²) in [5.74, 6) is -1.28. The Balaban J connectivity index is 5.14. The van der Waals surface area contributed by atoms with Gasteiger partial charge >= 0.3 is 12.1 Å². The van der Waals surface area contributed by atoms with Crippen LogP contribution in [0, 0.1) is 0 Å². The maximum absolute atomic E-state index is 12.1. The van der Waals surface area contributed by atoms with Crippen LogP contribution in [0.4, 0.5) is 4.79 Å². The molecule has 0 unspecified atom stereocenters. The van der Waals surface area contributed by atoms with E-state index in [1.807, 2.05) is 0 Å². The minimum atomic E-state index is -4.05. The normalized spacial score (nSPS) is 14.5. The molecule has 0 aliphatic rings. The van der Waals surface area contributed by atoms with Gasteiger partial charge in [0.15, 0.2) is 0 Å². The van der Waals surface area contributed by atoms with Gasteiger partial charge in [0.1, 0.15) is 22.7 Å². The van der Waals surface area contributed by atoms with E-state index in [1.165, 1.54) is 6.92 Å². The Morgan fingerprint density at radius 2 is 1.81 bits per heavy atom. The number of ether oxygens (including phenoxy) is 2. The molecule has 0 fully saturated rings. The van der Waals surface area contributed by atoms with Gasteiger partial charge in [-0.2, -0.15) is 4.40 Å². The molecule has 10 heteroatoms. The molecule has 9 nitrogen and oxygen atoms in total. The van der Waals surface area contributed by atoms with Crippen molar-refractivity contribution in [2.24, 2.45) is 4.40 Å². The summed E-state index contributed by atoms with van der Waals surface area (Å²) in [5.41, 5.74) is -0.767. The number of hydrogen-bond acceptors (Lipinski definition) is 7. The molecule has 0 aliphatic carbocycles. The molecule has 0 aromatic carbocycles. The topological polar surface area (TPSA) is 128 Å². The Kier molecular flexibility index (Phi) is 9.47. The molecule has 0 rings (SSSR count). The van der Waals surface area contributed by atoms with Gasteiger partial charge in [0.25, 0.3) is 10.0 Å². The largest absolute Gasteiger partial charge is 0.467 e. The highest BCUT2D eigenvalue weighted by atomic mass is 32.2. The van der Waals surface area contributed by atoms with E-state index < -0.39 is 44.8 Å². The molecule has 0 spiro atoms. The van der Waals surface area contributed by atoms with E-state index in [1.54, 1.807) is 27.7 Å². The number of ketones is 1. The fraction of sp³-hybridized carbons (Fsp3) is 0.750. The van der Waals surface area contributed by atoms with Crippen molar-refractivity contribution in [1.82, 2.24) is 5.32 Å². The molecule has 0 bridgehead atoms. The van der Waals surface area contributed by atoms with Crippen LogP contribution in [0.5, 0.6) is 0 Å². The summed E-state index contributed by atoms with van der Waals surface area (Å²) in [6.07, 6.45) is 0.550. The summed E-state index contributed by atoms with van der Waals surface area (Å²) in [6, 6.07) is -1.17. The molecule has 0 saturated heterocycles. The third-order valence-electron chi connectivity index (χ3n) is 3.10. The summed E-state index contributed by atoms with van der Waals surface area (Å²) >= 11 is 0. The van der Waals surface area contributed by atoms with Crippen molar-refractivity contribution in [1.29, 1.82) is 0 Å². The van der Waals surface area contributed by atoms with Gasteiger partial charge in [-0.1, -0.05) is 13.3 Å². The minimum Gasteiger partial charge on any atom is -0.467 e. The molecular weight excluding hydrogens is 364 g/mol. The van der Waals surface area contributed by atoms with Crippen LogP contribution in [-0.4, -0.2) is 56.5 Å². The second-order valence-electron chi connectivity index (χ2n) is 6.65. The Labute approximate surface area is 154 Å². The average molecular weight is 392 g/mol. The van der Waals surface area contributed by atoms with Crippen molar-refractivity contribution in [2.45, 2.75) is 70.8 Å². The number of carbonyl (C=O) groups is 3. The molecule has 26 heavy (non-hydrogen) atoms. The van der Waals surface area contributed by atoms with Crippen molar-refractivity contribution in [3.8, 4) is 0 Å². The Bertz CT molecular complexity index is 635. The molecule has 150 valence electrons. The number of hydrogen-bond donors (Lipinski definition) is 1. The first-order chi connectivity index (χ1) is 11.8. The number of alkyl carbamates (subject to hydrolysis) is 1. The lowest BCUT2D eigenvalue weighted by atomic mass is 10.2.